The quantitative estimate of drug-likeness (QED) is 0.147. The van der Waals surface area contributed by atoms with Crippen LogP contribution in [-0.2, 0) is 27.3 Å². The molecule has 1 heterocycles. The standard InChI is InChI=1S/C35H43BN2O6/c1-8-38-33(40)31(37)30(36-43-34(4,5)35(6,7)44-36)32(39)27-19-26(23(2)3)28(41-21-24-15-11-9-12-16-24)20-29(27)42-22-25-17-13-10-14-18-25/h9-20,23H,8,21-22,37H2,1-7H3,(H,38,40). The third-order valence-electron chi connectivity index (χ3n) is 8.06. The molecule has 44 heavy (non-hydrogen) atoms. The fraction of sp³-hybridized carbons (Fsp3) is 0.371. The Morgan fingerprint density at radius 3 is 1.82 bits per heavy atom. The molecule has 8 nitrogen and oxygen atoms in total. The van der Waals surface area contributed by atoms with Crippen molar-refractivity contribution < 1.29 is 28.4 Å². The summed E-state index contributed by atoms with van der Waals surface area (Å²) in [7, 11) is -1.17. The first-order valence-electron chi connectivity index (χ1n) is 15.0. The molecule has 0 radical (unpaired) electrons. The molecule has 0 aliphatic carbocycles. The first kappa shape index (κ1) is 32.8. The minimum absolute atomic E-state index is 0.000473. The van der Waals surface area contributed by atoms with Crippen molar-refractivity contribution in [2.75, 3.05) is 6.54 Å². The van der Waals surface area contributed by atoms with Crippen LogP contribution in [0.5, 0.6) is 11.5 Å². The molecule has 0 bridgehead atoms. The maximum atomic E-state index is 14.6. The Balaban J connectivity index is 1.84. The van der Waals surface area contributed by atoms with Gasteiger partial charge < -0.3 is 29.8 Å². The molecule has 3 aromatic rings. The first-order chi connectivity index (χ1) is 20.8. The van der Waals surface area contributed by atoms with Crippen LogP contribution in [0.2, 0.25) is 0 Å². The van der Waals surface area contributed by atoms with E-state index in [1.54, 1.807) is 19.1 Å². The van der Waals surface area contributed by atoms with Crippen molar-refractivity contribution in [3.8, 4) is 11.5 Å². The van der Waals surface area contributed by atoms with Crippen molar-refractivity contribution in [3.63, 3.8) is 0 Å². The number of carbonyl (C=O) groups excluding carboxylic acids is 2. The van der Waals surface area contributed by atoms with Gasteiger partial charge in [0.15, 0.2) is 5.78 Å². The third kappa shape index (κ3) is 7.34. The highest BCUT2D eigenvalue weighted by Gasteiger charge is 2.54. The third-order valence-corrected chi connectivity index (χ3v) is 8.06. The number of Topliss-reactive ketones (excluding diaryl/α,β-unsaturated/α-hetero) is 1. The predicted molar refractivity (Wildman–Crippen MR) is 172 cm³/mol. The molecule has 0 atom stereocenters. The highest BCUT2D eigenvalue weighted by atomic mass is 16.7. The van der Waals surface area contributed by atoms with E-state index in [0.29, 0.717) is 24.7 Å². The van der Waals surface area contributed by atoms with Crippen LogP contribution >= 0.6 is 0 Å². The van der Waals surface area contributed by atoms with E-state index < -0.39 is 30.0 Å². The number of carbonyl (C=O) groups is 2. The summed E-state index contributed by atoms with van der Waals surface area (Å²) in [4.78, 5) is 27.6. The Kier molecular flexibility index (Phi) is 10.2. The van der Waals surface area contributed by atoms with Gasteiger partial charge in [0.25, 0.3) is 5.91 Å². The predicted octanol–water partition coefficient (Wildman–Crippen LogP) is 6.13. The SMILES string of the molecule is CCNC(=O)C(N)=C(B1OC(C)(C)C(C)(C)O1)C(=O)c1cc(C(C)C)c(OCc2ccccc2)cc1OCc1ccccc1. The second kappa shape index (κ2) is 13.7. The zero-order chi connectivity index (χ0) is 32.1. The van der Waals surface area contributed by atoms with Gasteiger partial charge in [0, 0.05) is 12.6 Å². The van der Waals surface area contributed by atoms with E-state index >= 15 is 0 Å². The number of allylic oxidation sites excluding steroid dienone is 1. The Labute approximate surface area is 261 Å². The lowest BCUT2D eigenvalue weighted by Gasteiger charge is -2.32. The van der Waals surface area contributed by atoms with Gasteiger partial charge >= 0.3 is 7.12 Å². The maximum absolute atomic E-state index is 14.6. The Bertz CT molecular complexity index is 1490. The van der Waals surface area contributed by atoms with E-state index in [0.717, 1.165) is 16.7 Å². The summed E-state index contributed by atoms with van der Waals surface area (Å²) in [6, 6.07) is 23.0. The molecule has 3 N–H and O–H groups in total. The van der Waals surface area contributed by atoms with Crippen LogP contribution in [0.1, 0.15) is 81.4 Å². The van der Waals surface area contributed by atoms with Crippen molar-refractivity contribution >= 4 is 18.8 Å². The lowest BCUT2D eigenvalue weighted by atomic mass is 9.72. The van der Waals surface area contributed by atoms with Crippen molar-refractivity contribution in [3.05, 3.63) is 106 Å². The van der Waals surface area contributed by atoms with E-state index in [2.05, 4.69) is 5.32 Å². The van der Waals surface area contributed by atoms with Crippen LogP contribution in [0.25, 0.3) is 0 Å². The molecule has 9 heteroatoms. The smallest absolute Gasteiger partial charge is 0.488 e. The van der Waals surface area contributed by atoms with Crippen LogP contribution in [0, 0.1) is 0 Å². The molecule has 0 spiro atoms. The number of amides is 1. The molecular weight excluding hydrogens is 555 g/mol. The Morgan fingerprint density at radius 2 is 1.34 bits per heavy atom. The summed E-state index contributed by atoms with van der Waals surface area (Å²) in [6.45, 7) is 14.2. The first-order valence-corrected chi connectivity index (χ1v) is 15.0. The summed E-state index contributed by atoms with van der Waals surface area (Å²) in [6.07, 6.45) is 0. The normalized spacial score (nSPS) is 16.0. The molecule has 1 saturated heterocycles. The van der Waals surface area contributed by atoms with Crippen molar-refractivity contribution in [2.24, 2.45) is 5.73 Å². The van der Waals surface area contributed by atoms with E-state index in [1.165, 1.54) is 0 Å². The number of ether oxygens (including phenoxy) is 2. The van der Waals surface area contributed by atoms with Gasteiger partial charge in [0.2, 0.25) is 0 Å². The van der Waals surface area contributed by atoms with E-state index in [4.69, 9.17) is 24.5 Å². The van der Waals surface area contributed by atoms with Crippen LogP contribution in [-0.4, -0.2) is 36.6 Å². The summed E-state index contributed by atoms with van der Waals surface area (Å²) in [5.41, 5.74) is 7.51. The van der Waals surface area contributed by atoms with Crippen molar-refractivity contribution in [1.82, 2.24) is 5.32 Å². The maximum Gasteiger partial charge on any atom is 0.501 e. The highest BCUT2D eigenvalue weighted by molar-refractivity contribution is 6.64. The number of ketones is 1. The van der Waals surface area contributed by atoms with Gasteiger partial charge in [-0.05, 0) is 63.3 Å². The van der Waals surface area contributed by atoms with Gasteiger partial charge in [-0.3, -0.25) is 9.59 Å². The van der Waals surface area contributed by atoms with E-state index in [9.17, 15) is 9.59 Å². The fourth-order valence-electron chi connectivity index (χ4n) is 4.76. The van der Waals surface area contributed by atoms with Gasteiger partial charge in [0.1, 0.15) is 30.4 Å². The molecule has 4 rings (SSSR count). The minimum atomic E-state index is -1.17. The van der Waals surface area contributed by atoms with Crippen LogP contribution in [0.4, 0.5) is 0 Å². The molecule has 3 aromatic carbocycles. The van der Waals surface area contributed by atoms with Crippen molar-refractivity contribution in [2.45, 2.75) is 78.8 Å². The number of hydrogen-bond donors (Lipinski definition) is 2. The van der Waals surface area contributed by atoms with Gasteiger partial charge in [-0.25, -0.2) is 0 Å². The van der Waals surface area contributed by atoms with Crippen molar-refractivity contribution in [1.29, 1.82) is 0 Å². The van der Waals surface area contributed by atoms with Gasteiger partial charge in [0.05, 0.1) is 22.2 Å². The molecule has 1 amide bonds. The molecule has 0 unspecified atom stereocenters. The monoisotopic (exact) mass is 598 g/mol. The number of nitrogens with two attached hydrogens (primary N) is 1. The summed E-state index contributed by atoms with van der Waals surface area (Å²) < 4.78 is 25.1. The summed E-state index contributed by atoms with van der Waals surface area (Å²) in [5.74, 6) is -0.207. The molecule has 1 aliphatic rings. The van der Waals surface area contributed by atoms with E-state index in [1.807, 2.05) is 102 Å². The molecule has 232 valence electrons. The number of nitrogens with one attached hydrogen (secondary N) is 1. The van der Waals surface area contributed by atoms with Crippen LogP contribution in [0.3, 0.4) is 0 Å². The Morgan fingerprint density at radius 1 is 0.841 bits per heavy atom. The average Bonchev–Trinajstić information content (AvgIpc) is 3.21. The molecule has 0 saturated carbocycles. The molecular formula is C35H43BN2O6. The Hall–Kier alpha value is -4.08. The average molecular weight is 599 g/mol. The zero-order valence-corrected chi connectivity index (χ0v) is 26.7. The zero-order valence-electron chi connectivity index (χ0n) is 26.7. The largest absolute Gasteiger partial charge is 0.501 e. The van der Waals surface area contributed by atoms with E-state index in [-0.39, 0.29) is 29.3 Å². The summed E-state index contributed by atoms with van der Waals surface area (Å²) in [5, 5.41) is 2.69. The second-order valence-electron chi connectivity index (χ2n) is 12.2. The minimum Gasteiger partial charge on any atom is -0.488 e. The molecule has 1 fully saturated rings. The summed E-state index contributed by atoms with van der Waals surface area (Å²) >= 11 is 0. The van der Waals surface area contributed by atoms with Crippen LogP contribution in [0.15, 0.2) is 84.0 Å². The number of hydrogen-bond acceptors (Lipinski definition) is 7. The van der Waals surface area contributed by atoms with Crippen LogP contribution < -0.4 is 20.5 Å². The fourth-order valence-corrected chi connectivity index (χ4v) is 4.76. The number of likely N-dealkylation sites (N-methyl/N-ethyl adjacent to an activating group) is 1. The second-order valence-corrected chi connectivity index (χ2v) is 12.2. The number of rotatable bonds is 12. The van der Waals surface area contributed by atoms with Gasteiger partial charge in [-0.2, -0.15) is 0 Å². The van der Waals surface area contributed by atoms with Gasteiger partial charge in [-0.15, -0.1) is 0 Å². The molecule has 0 aromatic heterocycles. The highest BCUT2D eigenvalue weighted by Crippen LogP contribution is 2.41. The number of benzene rings is 3. The van der Waals surface area contributed by atoms with Gasteiger partial charge in [-0.1, -0.05) is 74.5 Å². The lowest BCUT2D eigenvalue weighted by Crippen LogP contribution is -2.41. The lowest BCUT2D eigenvalue weighted by molar-refractivity contribution is -0.117. The topological polar surface area (TPSA) is 109 Å². The molecule has 1 aliphatic heterocycles.